The average molecular weight is 517 g/mol. The molecule has 4 rings (SSSR count). The third kappa shape index (κ3) is 6.09. The van der Waals surface area contributed by atoms with Crippen molar-refractivity contribution in [3.8, 4) is 16.9 Å². The standard InChI is InChI=1S/C30H29ClN2O4/c1-3-4-14-27-32-20(2)28(22-10-6-5-7-11-22)29(34)33(27)18-21-15-16-26(25(31)17-21)37-19-23-12-8-9-13-24(23)30(35)36/h5-13,15-17H,3-4,14,18-19H2,1-2H3,(H,35,36). The van der Waals surface area contributed by atoms with Gasteiger partial charge in [-0.2, -0.15) is 0 Å². The molecule has 0 spiro atoms. The van der Waals surface area contributed by atoms with Gasteiger partial charge in [-0.1, -0.05) is 79.5 Å². The quantitative estimate of drug-likeness (QED) is 0.259. The van der Waals surface area contributed by atoms with Crippen molar-refractivity contribution in [2.24, 2.45) is 0 Å². The van der Waals surface area contributed by atoms with E-state index < -0.39 is 5.97 Å². The Kier molecular flexibility index (Phi) is 8.41. The number of carboxylic acids is 1. The molecule has 0 saturated carbocycles. The topological polar surface area (TPSA) is 81.4 Å². The van der Waals surface area contributed by atoms with Crippen molar-refractivity contribution in [1.82, 2.24) is 9.55 Å². The predicted octanol–water partition coefficient (Wildman–Crippen LogP) is 6.54. The summed E-state index contributed by atoms with van der Waals surface area (Å²) in [6.07, 6.45) is 2.64. The smallest absolute Gasteiger partial charge is 0.336 e. The Hall–Kier alpha value is -3.90. The second-order valence-electron chi connectivity index (χ2n) is 8.87. The van der Waals surface area contributed by atoms with Crippen LogP contribution in [-0.4, -0.2) is 20.6 Å². The van der Waals surface area contributed by atoms with Gasteiger partial charge in [-0.05, 0) is 42.7 Å². The minimum absolute atomic E-state index is 0.0739. The van der Waals surface area contributed by atoms with Crippen molar-refractivity contribution in [1.29, 1.82) is 0 Å². The lowest BCUT2D eigenvalue weighted by Gasteiger charge is -2.17. The summed E-state index contributed by atoms with van der Waals surface area (Å²) in [7, 11) is 0. The molecule has 4 aromatic rings. The van der Waals surface area contributed by atoms with Crippen LogP contribution in [0.15, 0.2) is 77.6 Å². The number of unbranched alkanes of at least 4 members (excludes halogenated alkanes) is 1. The zero-order valence-corrected chi connectivity index (χ0v) is 21.7. The maximum Gasteiger partial charge on any atom is 0.336 e. The number of carboxylic acid groups (broad SMARTS) is 1. The number of hydrogen-bond donors (Lipinski definition) is 1. The lowest BCUT2D eigenvalue weighted by atomic mass is 10.1. The van der Waals surface area contributed by atoms with Crippen LogP contribution in [0.4, 0.5) is 0 Å². The molecule has 7 heteroatoms. The average Bonchev–Trinajstić information content (AvgIpc) is 2.89. The summed E-state index contributed by atoms with van der Waals surface area (Å²) in [5.41, 5.74) is 3.68. The first-order valence-corrected chi connectivity index (χ1v) is 12.6. The fourth-order valence-electron chi connectivity index (χ4n) is 4.30. The van der Waals surface area contributed by atoms with Crippen LogP contribution in [0.5, 0.6) is 5.75 Å². The number of carbonyl (C=O) groups is 1. The summed E-state index contributed by atoms with van der Waals surface area (Å²) >= 11 is 6.54. The van der Waals surface area contributed by atoms with Gasteiger partial charge in [0, 0.05) is 12.0 Å². The first-order valence-electron chi connectivity index (χ1n) is 12.3. The second-order valence-corrected chi connectivity index (χ2v) is 9.27. The SMILES string of the molecule is CCCCc1nc(C)c(-c2ccccc2)c(=O)n1Cc1ccc(OCc2ccccc2C(=O)O)c(Cl)c1. The van der Waals surface area contributed by atoms with E-state index in [1.807, 2.05) is 43.3 Å². The minimum Gasteiger partial charge on any atom is -0.487 e. The normalized spacial score (nSPS) is 10.9. The molecule has 0 aliphatic heterocycles. The van der Waals surface area contributed by atoms with Gasteiger partial charge in [0.25, 0.3) is 5.56 Å². The summed E-state index contributed by atoms with van der Waals surface area (Å²) in [6, 6.07) is 21.7. The van der Waals surface area contributed by atoms with Crippen LogP contribution in [-0.2, 0) is 19.6 Å². The Labute approximate surface area is 221 Å². The van der Waals surface area contributed by atoms with Crippen LogP contribution in [0.25, 0.3) is 11.1 Å². The van der Waals surface area contributed by atoms with Crippen molar-refractivity contribution in [2.45, 2.75) is 46.3 Å². The van der Waals surface area contributed by atoms with Gasteiger partial charge in [-0.15, -0.1) is 0 Å². The van der Waals surface area contributed by atoms with E-state index in [0.717, 1.165) is 35.5 Å². The van der Waals surface area contributed by atoms with Gasteiger partial charge < -0.3 is 9.84 Å². The summed E-state index contributed by atoms with van der Waals surface area (Å²) < 4.78 is 7.57. The highest BCUT2D eigenvalue weighted by Crippen LogP contribution is 2.28. The number of hydrogen-bond acceptors (Lipinski definition) is 4. The van der Waals surface area contributed by atoms with Gasteiger partial charge >= 0.3 is 5.97 Å². The number of benzene rings is 3. The Morgan fingerprint density at radius 2 is 1.78 bits per heavy atom. The first-order chi connectivity index (χ1) is 17.9. The number of aromatic nitrogens is 2. The minimum atomic E-state index is -1.01. The summed E-state index contributed by atoms with van der Waals surface area (Å²) in [4.78, 5) is 30.0. The molecule has 1 N–H and O–H groups in total. The van der Waals surface area contributed by atoms with E-state index in [-0.39, 0.29) is 17.7 Å². The molecular weight excluding hydrogens is 488 g/mol. The third-order valence-corrected chi connectivity index (χ3v) is 6.51. The van der Waals surface area contributed by atoms with E-state index in [2.05, 4.69) is 6.92 Å². The van der Waals surface area contributed by atoms with Crippen LogP contribution >= 0.6 is 11.6 Å². The first kappa shape index (κ1) is 26.2. The number of aryl methyl sites for hydroxylation is 2. The van der Waals surface area contributed by atoms with Crippen molar-refractivity contribution in [3.63, 3.8) is 0 Å². The van der Waals surface area contributed by atoms with Crippen molar-refractivity contribution < 1.29 is 14.6 Å². The number of aromatic carboxylic acids is 1. The lowest BCUT2D eigenvalue weighted by molar-refractivity contribution is 0.0694. The molecule has 0 amide bonds. The summed E-state index contributed by atoms with van der Waals surface area (Å²) in [5.74, 6) is 0.188. The molecule has 0 saturated heterocycles. The Bertz CT molecular complexity index is 1460. The monoisotopic (exact) mass is 516 g/mol. The molecule has 0 radical (unpaired) electrons. The second kappa shape index (κ2) is 11.9. The molecule has 190 valence electrons. The molecule has 0 atom stereocenters. The van der Waals surface area contributed by atoms with Gasteiger partial charge in [0.15, 0.2) is 0 Å². The van der Waals surface area contributed by atoms with Gasteiger partial charge in [0.1, 0.15) is 18.2 Å². The van der Waals surface area contributed by atoms with Crippen LogP contribution in [0.2, 0.25) is 5.02 Å². The Morgan fingerprint density at radius 1 is 1.05 bits per heavy atom. The van der Waals surface area contributed by atoms with Crippen LogP contribution < -0.4 is 10.3 Å². The number of ether oxygens (including phenoxy) is 1. The Balaban J connectivity index is 1.62. The third-order valence-electron chi connectivity index (χ3n) is 6.21. The maximum atomic E-state index is 13.7. The van der Waals surface area contributed by atoms with E-state index in [1.54, 1.807) is 41.0 Å². The fourth-order valence-corrected chi connectivity index (χ4v) is 4.55. The molecule has 0 bridgehead atoms. The van der Waals surface area contributed by atoms with Crippen LogP contribution in [0.1, 0.15) is 52.8 Å². The molecule has 0 aliphatic rings. The van der Waals surface area contributed by atoms with Crippen LogP contribution in [0.3, 0.4) is 0 Å². The van der Waals surface area contributed by atoms with Gasteiger partial charge in [-0.25, -0.2) is 9.78 Å². The highest BCUT2D eigenvalue weighted by atomic mass is 35.5. The number of rotatable bonds is 10. The zero-order chi connectivity index (χ0) is 26.4. The number of halogens is 1. The summed E-state index contributed by atoms with van der Waals surface area (Å²) in [6.45, 7) is 4.40. The zero-order valence-electron chi connectivity index (χ0n) is 20.9. The lowest BCUT2D eigenvalue weighted by Crippen LogP contribution is -2.28. The molecule has 1 aromatic heterocycles. The molecule has 1 heterocycles. The van der Waals surface area contributed by atoms with Crippen molar-refractivity contribution in [3.05, 3.63) is 116 Å². The highest BCUT2D eigenvalue weighted by Gasteiger charge is 2.17. The molecule has 0 aliphatic carbocycles. The van der Waals surface area contributed by atoms with E-state index >= 15 is 0 Å². The van der Waals surface area contributed by atoms with E-state index in [9.17, 15) is 14.7 Å². The van der Waals surface area contributed by atoms with Gasteiger partial charge in [0.05, 0.1) is 28.4 Å². The molecular formula is C30H29ClN2O4. The number of nitrogens with zero attached hydrogens (tertiary/aromatic N) is 2. The maximum absolute atomic E-state index is 13.7. The molecule has 3 aromatic carbocycles. The largest absolute Gasteiger partial charge is 0.487 e. The van der Waals surface area contributed by atoms with Crippen molar-refractivity contribution in [2.75, 3.05) is 0 Å². The van der Waals surface area contributed by atoms with Crippen molar-refractivity contribution >= 4 is 17.6 Å². The van der Waals surface area contributed by atoms with E-state index in [4.69, 9.17) is 21.3 Å². The van der Waals surface area contributed by atoms with Gasteiger partial charge in [-0.3, -0.25) is 9.36 Å². The summed E-state index contributed by atoms with van der Waals surface area (Å²) in [5, 5.41) is 9.77. The Morgan fingerprint density at radius 3 is 2.49 bits per heavy atom. The molecule has 0 fully saturated rings. The molecule has 0 unspecified atom stereocenters. The highest BCUT2D eigenvalue weighted by molar-refractivity contribution is 6.32. The predicted molar refractivity (Wildman–Crippen MR) is 146 cm³/mol. The van der Waals surface area contributed by atoms with Gasteiger partial charge in [0.2, 0.25) is 0 Å². The van der Waals surface area contributed by atoms with E-state index in [1.165, 1.54) is 0 Å². The van der Waals surface area contributed by atoms with Crippen LogP contribution in [0, 0.1) is 6.92 Å². The molecule has 37 heavy (non-hydrogen) atoms. The van der Waals surface area contributed by atoms with E-state index in [0.29, 0.717) is 34.9 Å². The molecule has 6 nitrogen and oxygen atoms in total. The fraction of sp³-hybridized carbons (Fsp3) is 0.233.